The monoisotopic (exact) mass is 226 g/mol. The van der Waals surface area contributed by atoms with Crippen molar-refractivity contribution >= 4 is 16.7 Å². The molecule has 4 nitrogen and oxygen atoms in total. The SMILES string of the molecule is Cc1[nH]c2ccccc2c1-c1[nH]nc(N)c1C. The van der Waals surface area contributed by atoms with Crippen molar-refractivity contribution < 1.29 is 0 Å². The Hall–Kier alpha value is -2.23. The zero-order valence-corrected chi connectivity index (χ0v) is 9.83. The number of H-pyrrole nitrogens is 2. The second-order valence-corrected chi connectivity index (χ2v) is 4.28. The lowest BCUT2D eigenvalue weighted by Gasteiger charge is -1.99. The summed E-state index contributed by atoms with van der Waals surface area (Å²) >= 11 is 0. The molecule has 0 aliphatic rings. The lowest BCUT2D eigenvalue weighted by Crippen LogP contribution is -1.86. The molecule has 0 radical (unpaired) electrons. The zero-order valence-electron chi connectivity index (χ0n) is 9.83. The number of para-hydroxylation sites is 1. The first-order valence-corrected chi connectivity index (χ1v) is 5.56. The van der Waals surface area contributed by atoms with Gasteiger partial charge in [0.15, 0.2) is 0 Å². The van der Waals surface area contributed by atoms with Crippen LogP contribution in [0.5, 0.6) is 0 Å². The van der Waals surface area contributed by atoms with Crippen LogP contribution < -0.4 is 5.73 Å². The van der Waals surface area contributed by atoms with Crippen LogP contribution in [0.4, 0.5) is 5.82 Å². The molecule has 86 valence electrons. The van der Waals surface area contributed by atoms with E-state index in [2.05, 4.69) is 34.2 Å². The van der Waals surface area contributed by atoms with Gasteiger partial charge in [-0.15, -0.1) is 0 Å². The molecule has 0 saturated heterocycles. The molecule has 3 aromatic rings. The highest BCUT2D eigenvalue weighted by Crippen LogP contribution is 2.33. The van der Waals surface area contributed by atoms with Gasteiger partial charge in [0.1, 0.15) is 5.82 Å². The average Bonchev–Trinajstić information content (AvgIpc) is 2.80. The second-order valence-electron chi connectivity index (χ2n) is 4.28. The number of aromatic amines is 2. The van der Waals surface area contributed by atoms with Crippen molar-refractivity contribution in [2.45, 2.75) is 13.8 Å². The quantitative estimate of drug-likeness (QED) is 0.597. The van der Waals surface area contributed by atoms with E-state index in [0.717, 1.165) is 28.0 Å². The summed E-state index contributed by atoms with van der Waals surface area (Å²) in [6.07, 6.45) is 0. The molecule has 0 aliphatic heterocycles. The third-order valence-corrected chi connectivity index (χ3v) is 3.19. The van der Waals surface area contributed by atoms with E-state index in [1.54, 1.807) is 0 Å². The Labute approximate surface area is 98.8 Å². The smallest absolute Gasteiger partial charge is 0.148 e. The summed E-state index contributed by atoms with van der Waals surface area (Å²) in [6.45, 7) is 4.04. The van der Waals surface area contributed by atoms with Crippen molar-refractivity contribution in [1.29, 1.82) is 0 Å². The number of nitrogens with zero attached hydrogens (tertiary/aromatic N) is 1. The third-order valence-electron chi connectivity index (χ3n) is 3.19. The van der Waals surface area contributed by atoms with Crippen LogP contribution in [0.3, 0.4) is 0 Å². The van der Waals surface area contributed by atoms with Crippen molar-refractivity contribution in [1.82, 2.24) is 15.2 Å². The van der Waals surface area contributed by atoms with Crippen LogP contribution in [-0.4, -0.2) is 15.2 Å². The maximum Gasteiger partial charge on any atom is 0.148 e. The van der Waals surface area contributed by atoms with Gasteiger partial charge in [0.25, 0.3) is 0 Å². The molecule has 3 rings (SSSR count). The first-order valence-electron chi connectivity index (χ1n) is 5.56. The number of fused-ring (bicyclic) bond motifs is 1. The van der Waals surface area contributed by atoms with Crippen LogP contribution in [0.15, 0.2) is 24.3 Å². The number of nitrogens with one attached hydrogen (secondary N) is 2. The Balaban J connectivity index is 2.37. The summed E-state index contributed by atoms with van der Waals surface area (Å²) in [6, 6.07) is 8.23. The van der Waals surface area contributed by atoms with E-state index in [-0.39, 0.29) is 0 Å². The first kappa shape index (κ1) is 9.96. The summed E-state index contributed by atoms with van der Waals surface area (Å²) < 4.78 is 0. The Morgan fingerprint density at radius 3 is 2.65 bits per heavy atom. The van der Waals surface area contributed by atoms with Crippen molar-refractivity contribution in [3.63, 3.8) is 0 Å². The molecule has 0 amide bonds. The molecule has 17 heavy (non-hydrogen) atoms. The topological polar surface area (TPSA) is 70.5 Å². The highest BCUT2D eigenvalue weighted by molar-refractivity contribution is 5.97. The van der Waals surface area contributed by atoms with E-state index in [9.17, 15) is 0 Å². The number of nitrogens with two attached hydrogens (primary N) is 1. The van der Waals surface area contributed by atoms with Crippen LogP contribution in [0.25, 0.3) is 22.2 Å². The van der Waals surface area contributed by atoms with Gasteiger partial charge in [-0.2, -0.15) is 5.10 Å². The number of aromatic nitrogens is 3. The van der Waals surface area contributed by atoms with Gasteiger partial charge in [-0.05, 0) is 19.9 Å². The van der Waals surface area contributed by atoms with Gasteiger partial charge in [0.05, 0.1) is 5.69 Å². The number of aryl methyl sites for hydroxylation is 1. The lowest BCUT2D eigenvalue weighted by atomic mass is 10.0. The fourth-order valence-electron chi connectivity index (χ4n) is 2.25. The van der Waals surface area contributed by atoms with E-state index >= 15 is 0 Å². The Morgan fingerprint density at radius 1 is 1.18 bits per heavy atom. The number of benzene rings is 1. The Kier molecular flexibility index (Phi) is 1.98. The zero-order chi connectivity index (χ0) is 12.0. The molecule has 2 heterocycles. The number of nitrogen functional groups attached to an aromatic ring is 1. The molecule has 0 atom stereocenters. The van der Waals surface area contributed by atoms with Crippen LogP contribution in [0.2, 0.25) is 0 Å². The highest BCUT2D eigenvalue weighted by atomic mass is 15.2. The number of hydrogen-bond donors (Lipinski definition) is 3. The van der Waals surface area contributed by atoms with Crippen molar-refractivity contribution in [3.05, 3.63) is 35.5 Å². The molecule has 0 unspecified atom stereocenters. The lowest BCUT2D eigenvalue weighted by molar-refractivity contribution is 1.10. The second kappa shape index (κ2) is 3.38. The van der Waals surface area contributed by atoms with E-state index in [1.807, 2.05) is 19.1 Å². The summed E-state index contributed by atoms with van der Waals surface area (Å²) in [5.41, 5.74) is 11.2. The van der Waals surface area contributed by atoms with Crippen LogP contribution in [0, 0.1) is 13.8 Å². The predicted octanol–water partition coefficient (Wildman–Crippen LogP) is 2.76. The van der Waals surface area contributed by atoms with Crippen LogP contribution in [0.1, 0.15) is 11.3 Å². The predicted molar refractivity (Wildman–Crippen MR) is 69.8 cm³/mol. The Bertz CT molecular complexity index is 691. The molecule has 0 fully saturated rings. The third kappa shape index (κ3) is 1.34. The van der Waals surface area contributed by atoms with E-state index < -0.39 is 0 Å². The molecular formula is C13H14N4. The van der Waals surface area contributed by atoms with E-state index in [0.29, 0.717) is 5.82 Å². The minimum atomic E-state index is 0.560. The summed E-state index contributed by atoms with van der Waals surface area (Å²) in [4.78, 5) is 3.37. The normalized spacial score (nSPS) is 11.2. The van der Waals surface area contributed by atoms with Gasteiger partial charge in [0, 0.05) is 27.7 Å². The van der Waals surface area contributed by atoms with E-state index in [1.165, 1.54) is 5.39 Å². The van der Waals surface area contributed by atoms with Gasteiger partial charge in [-0.3, -0.25) is 5.10 Å². The summed E-state index contributed by atoms with van der Waals surface area (Å²) in [7, 11) is 0. The summed E-state index contributed by atoms with van der Waals surface area (Å²) in [5, 5.41) is 8.26. The van der Waals surface area contributed by atoms with Gasteiger partial charge in [-0.1, -0.05) is 18.2 Å². The maximum absolute atomic E-state index is 5.79. The fourth-order valence-corrected chi connectivity index (χ4v) is 2.25. The van der Waals surface area contributed by atoms with Crippen LogP contribution >= 0.6 is 0 Å². The largest absolute Gasteiger partial charge is 0.382 e. The van der Waals surface area contributed by atoms with E-state index in [4.69, 9.17) is 5.73 Å². The molecule has 0 bridgehead atoms. The van der Waals surface area contributed by atoms with Crippen molar-refractivity contribution in [2.24, 2.45) is 0 Å². The number of hydrogen-bond acceptors (Lipinski definition) is 2. The first-order chi connectivity index (χ1) is 8.18. The number of anilines is 1. The molecule has 2 aromatic heterocycles. The fraction of sp³-hybridized carbons (Fsp3) is 0.154. The van der Waals surface area contributed by atoms with Gasteiger partial charge in [-0.25, -0.2) is 0 Å². The highest BCUT2D eigenvalue weighted by Gasteiger charge is 2.15. The average molecular weight is 226 g/mol. The van der Waals surface area contributed by atoms with Gasteiger partial charge < -0.3 is 10.7 Å². The van der Waals surface area contributed by atoms with Gasteiger partial charge >= 0.3 is 0 Å². The molecule has 0 spiro atoms. The molecular weight excluding hydrogens is 212 g/mol. The maximum atomic E-state index is 5.79. The number of rotatable bonds is 1. The minimum Gasteiger partial charge on any atom is -0.382 e. The summed E-state index contributed by atoms with van der Waals surface area (Å²) in [5.74, 6) is 0.560. The molecule has 4 N–H and O–H groups in total. The standard InChI is InChI=1S/C13H14N4/c1-7-12(16-17-13(7)14)11-8(2)15-10-6-4-3-5-9(10)11/h3-6,15H,1-2H3,(H3,14,16,17). The van der Waals surface area contributed by atoms with Crippen molar-refractivity contribution in [3.8, 4) is 11.3 Å². The van der Waals surface area contributed by atoms with Crippen molar-refractivity contribution in [2.75, 3.05) is 5.73 Å². The molecule has 1 aromatic carbocycles. The van der Waals surface area contributed by atoms with Crippen LogP contribution in [-0.2, 0) is 0 Å². The molecule has 4 heteroatoms. The van der Waals surface area contributed by atoms with Gasteiger partial charge in [0.2, 0.25) is 0 Å². The molecule has 0 aliphatic carbocycles. The minimum absolute atomic E-state index is 0.560. The Morgan fingerprint density at radius 2 is 1.94 bits per heavy atom. The molecule has 0 saturated carbocycles.